The summed E-state index contributed by atoms with van der Waals surface area (Å²) in [5, 5.41) is 4.82. The normalized spacial score (nSPS) is 18.9. The molecule has 1 unspecified atom stereocenters. The van der Waals surface area contributed by atoms with Crippen LogP contribution in [0.3, 0.4) is 0 Å². The smallest absolute Gasteiger partial charge is 0.428 e. The Bertz CT molecular complexity index is 1330. The van der Waals surface area contributed by atoms with Gasteiger partial charge in [0.25, 0.3) is 10.0 Å². The number of benzene rings is 2. The molecule has 0 bridgehead atoms. The van der Waals surface area contributed by atoms with E-state index in [1.54, 1.807) is 0 Å². The number of halogens is 4. The molecule has 0 saturated heterocycles. The monoisotopic (exact) mass is 573 g/mol. The molecule has 2 aromatic rings. The Hall–Kier alpha value is -3.55. The molecule has 212 valence electrons. The highest BCUT2D eigenvalue weighted by Crippen LogP contribution is 2.45. The summed E-state index contributed by atoms with van der Waals surface area (Å²) >= 11 is 0. The highest BCUT2D eigenvalue weighted by molar-refractivity contribution is 7.92. The molecule has 39 heavy (non-hydrogen) atoms. The Morgan fingerprint density at radius 2 is 1.77 bits per heavy atom. The summed E-state index contributed by atoms with van der Waals surface area (Å²) < 4.78 is 93.6. The summed E-state index contributed by atoms with van der Waals surface area (Å²) in [6.45, 7) is 1.02. The van der Waals surface area contributed by atoms with Gasteiger partial charge in [-0.15, -0.1) is 0 Å². The van der Waals surface area contributed by atoms with E-state index in [0.717, 1.165) is 28.6 Å². The SMILES string of the molecule is CC(=O)NCC1CN(S(=O)(=O)c2ccc(F)cc2)c2cc(NC(=O)OC3(C(F)(F)F)CCCCC3)ccc2O1. The highest BCUT2D eigenvalue weighted by Gasteiger charge is 2.58. The van der Waals surface area contributed by atoms with E-state index in [0.29, 0.717) is 6.42 Å². The minimum Gasteiger partial charge on any atom is -0.484 e. The fraction of sp³-hybridized carbons (Fsp3) is 0.440. The second-order valence-corrected chi connectivity index (χ2v) is 11.3. The van der Waals surface area contributed by atoms with Crippen molar-refractivity contribution in [3.8, 4) is 5.75 Å². The number of hydrogen-bond donors (Lipinski definition) is 2. The summed E-state index contributed by atoms with van der Waals surface area (Å²) in [5.41, 5.74) is -2.64. The van der Waals surface area contributed by atoms with Crippen molar-refractivity contribution in [1.29, 1.82) is 0 Å². The molecule has 1 heterocycles. The number of rotatable bonds is 6. The van der Waals surface area contributed by atoms with Crippen molar-refractivity contribution < 1.29 is 45.0 Å². The fourth-order valence-corrected chi connectivity index (χ4v) is 6.10. The summed E-state index contributed by atoms with van der Waals surface area (Å²) in [4.78, 5) is 23.7. The lowest BCUT2D eigenvalue weighted by atomic mass is 9.84. The number of sulfonamides is 1. The molecule has 9 nitrogen and oxygen atoms in total. The van der Waals surface area contributed by atoms with Gasteiger partial charge in [-0.25, -0.2) is 17.6 Å². The van der Waals surface area contributed by atoms with Gasteiger partial charge in [0, 0.05) is 12.6 Å². The van der Waals surface area contributed by atoms with Gasteiger partial charge in [0.05, 0.1) is 23.7 Å². The first-order chi connectivity index (χ1) is 18.3. The molecule has 2 aromatic carbocycles. The molecule has 1 saturated carbocycles. The van der Waals surface area contributed by atoms with Crippen LogP contribution in [0.2, 0.25) is 0 Å². The molecule has 1 atom stereocenters. The van der Waals surface area contributed by atoms with Gasteiger partial charge in [0.15, 0.2) is 0 Å². The maximum Gasteiger partial charge on any atom is 0.428 e. The summed E-state index contributed by atoms with van der Waals surface area (Å²) in [6, 6.07) is 8.04. The van der Waals surface area contributed by atoms with Gasteiger partial charge in [-0.1, -0.05) is 6.42 Å². The van der Waals surface area contributed by atoms with Crippen molar-refractivity contribution in [2.75, 3.05) is 22.7 Å². The average molecular weight is 574 g/mol. The van der Waals surface area contributed by atoms with E-state index in [1.807, 2.05) is 0 Å². The molecule has 1 fully saturated rings. The zero-order chi connectivity index (χ0) is 28.4. The van der Waals surface area contributed by atoms with Crippen LogP contribution in [-0.4, -0.2) is 51.4 Å². The Labute approximate surface area is 222 Å². The number of nitrogens with zero attached hydrogens (tertiary/aromatic N) is 1. The molecule has 2 amide bonds. The molecule has 1 aliphatic carbocycles. The van der Waals surface area contributed by atoms with Crippen molar-refractivity contribution in [1.82, 2.24) is 5.32 Å². The predicted molar refractivity (Wildman–Crippen MR) is 132 cm³/mol. The molecule has 0 spiro atoms. The second-order valence-electron chi connectivity index (χ2n) is 9.42. The first-order valence-electron chi connectivity index (χ1n) is 12.2. The van der Waals surface area contributed by atoms with Crippen LogP contribution >= 0.6 is 0 Å². The fourth-order valence-electron chi connectivity index (χ4n) is 4.60. The number of anilines is 2. The van der Waals surface area contributed by atoms with Crippen molar-refractivity contribution in [3.63, 3.8) is 0 Å². The standard InChI is InChI=1S/C25H27F4N3O6S/c1-16(33)30-14-19-15-32(39(35,36)20-8-5-17(26)6-9-20)21-13-18(7-10-22(21)37-19)31-23(34)38-24(25(27,28)29)11-3-2-4-12-24/h5-10,13,19H,2-4,11-12,14-15H2,1H3,(H,30,33)(H,31,34). The van der Waals surface area contributed by atoms with Crippen LogP contribution < -0.4 is 19.7 Å². The third kappa shape index (κ3) is 6.21. The number of alkyl halides is 3. The summed E-state index contributed by atoms with van der Waals surface area (Å²) in [7, 11) is -4.28. The zero-order valence-electron chi connectivity index (χ0n) is 20.9. The van der Waals surface area contributed by atoms with Crippen LogP contribution in [0.4, 0.5) is 33.7 Å². The molecular weight excluding hydrogens is 546 g/mol. The van der Waals surface area contributed by atoms with Crippen molar-refractivity contribution in [2.45, 2.75) is 61.8 Å². The number of carbonyl (C=O) groups is 2. The molecule has 14 heteroatoms. The Balaban J connectivity index is 1.63. The Morgan fingerprint density at radius 1 is 1.10 bits per heavy atom. The number of fused-ring (bicyclic) bond motifs is 1. The molecule has 0 radical (unpaired) electrons. The van der Waals surface area contributed by atoms with Gasteiger partial charge >= 0.3 is 12.3 Å². The number of nitrogens with one attached hydrogen (secondary N) is 2. The lowest BCUT2D eigenvalue weighted by Gasteiger charge is -2.38. The Morgan fingerprint density at radius 3 is 2.38 bits per heavy atom. The van der Waals surface area contributed by atoms with Crippen molar-refractivity contribution in [2.24, 2.45) is 0 Å². The van der Waals surface area contributed by atoms with E-state index in [4.69, 9.17) is 9.47 Å². The van der Waals surface area contributed by atoms with E-state index in [2.05, 4.69) is 10.6 Å². The van der Waals surface area contributed by atoms with Crippen LogP contribution in [0, 0.1) is 5.82 Å². The van der Waals surface area contributed by atoms with Crippen LogP contribution in [0.25, 0.3) is 0 Å². The second kappa shape index (κ2) is 10.9. The summed E-state index contributed by atoms with van der Waals surface area (Å²) in [6.07, 6.45) is -6.44. The molecule has 4 rings (SSSR count). The number of ether oxygens (including phenoxy) is 2. The van der Waals surface area contributed by atoms with E-state index >= 15 is 0 Å². The van der Waals surface area contributed by atoms with Gasteiger partial charge in [0.2, 0.25) is 11.5 Å². The minimum absolute atomic E-state index is 0.0144. The van der Waals surface area contributed by atoms with E-state index < -0.39 is 39.8 Å². The molecule has 1 aliphatic heterocycles. The number of carbonyl (C=O) groups excluding carboxylic acids is 2. The Kier molecular flexibility index (Phi) is 7.96. The molecule has 2 N–H and O–H groups in total. The van der Waals surface area contributed by atoms with Crippen LogP contribution in [0.1, 0.15) is 39.0 Å². The quantitative estimate of drug-likeness (QED) is 0.483. The van der Waals surface area contributed by atoms with Gasteiger partial charge in [-0.05, 0) is 68.1 Å². The zero-order valence-corrected chi connectivity index (χ0v) is 21.7. The van der Waals surface area contributed by atoms with Crippen LogP contribution in [0.15, 0.2) is 47.4 Å². The largest absolute Gasteiger partial charge is 0.484 e. The topological polar surface area (TPSA) is 114 Å². The predicted octanol–water partition coefficient (Wildman–Crippen LogP) is 4.73. The highest BCUT2D eigenvalue weighted by atomic mass is 32.2. The van der Waals surface area contributed by atoms with Gasteiger partial charge in [-0.3, -0.25) is 14.4 Å². The lowest BCUT2D eigenvalue weighted by Crippen LogP contribution is -2.51. The maximum absolute atomic E-state index is 13.8. The third-order valence-corrected chi connectivity index (χ3v) is 8.38. The van der Waals surface area contributed by atoms with Gasteiger partial charge in [-0.2, -0.15) is 13.2 Å². The minimum atomic E-state index is -4.75. The summed E-state index contributed by atoms with van der Waals surface area (Å²) in [5.74, 6) is -0.912. The van der Waals surface area contributed by atoms with Gasteiger partial charge < -0.3 is 14.8 Å². The number of amides is 2. The molecule has 0 aromatic heterocycles. The van der Waals surface area contributed by atoms with Crippen molar-refractivity contribution >= 4 is 33.4 Å². The molecular formula is C25H27F4N3O6S. The van der Waals surface area contributed by atoms with Crippen LogP contribution in [-0.2, 0) is 19.6 Å². The first kappa shape index (κ1) is 28.5. The van der Waals surface area contributed by atoms with E-state index in [-0.39, 0.29) is 66.7 Å². The van der Waals surface area contributed by atoms with E-state index in [1.165, 1.54) is 25.1 Å². The maximum atomic E-state index is 13.8. The van der Waals surface area contributed by atoms with Crippen LogP contribution in [0.5, 0.6) is 5.75 Å². The van der Waals surface area contributed by atoms with Gasteiger partial charge in [0.1, 0.15) is 17.7 Å². The average Bonchev–Trinajstić information content (AvgIpc) is 2.87. The first-order valence-corrected chi connectivity index (χ1v) is 13.6. The number of hydrogen-bond acceptors (Lipinski definition) is 6. The van der Waals surface area contributed by atoms with Crippen molar-refractivity contribution in [3.05, 3.63) is 48.3 Å². The molecule has 2 aliphatic rings. The third-order valence-electron chi connectivity index (χ3n) is 6.58. The lowest BCUT2D eigenvalue weighted by molar-refractivity contribution is -0.266. The van der Waals surface area contributed by atoms with E-state index in [9.17, 15) is 35.6 Å².